The summed E-state index contributed by atoms with van der Waals surface area (Å²) in [6.07, 6.45) is 0. The van der Waals surface area contributed by atoms with E-state index in [1.54, 1.807) is 6.07 Å². The van der Waals surface area contributed by atoms with E-state index in [9.17, 15) is 9.59 Å². The van der Waals surface area contributed by atoms with Gasteiger partial charge in [-0.2, -0.15) is 0 Å². The zero-order valence-electron chi connectivity index (χ0n) is 17.7. The van der Waals surface area contributed by atoms with Crippen molar-refractivity contribution >= 4 is 40.2 Å². The predicted octanol–water partition coefficient (Wildman–Crippen LogP) is 2.10. The van der Waals surface area contributed by atoms with Crippen LogP contribution in [0.25, 0.3) is 0 Å². The summed E-state index contributed by atoms with van der Waals surface area (Å²) in [6.45, 7) is 7.85. The fourth-order valence-corrected chi connectivity index (χ4v) is 4.49. The number of carbonyl (C=O) groups excluding carboxylic acids is 2. The van der Waals surface area contributed by atoms with Crippen LogP contribution in [0.2, 0.25) is 0 Å². The Morgan fingerprint density at radius 1 is 0.968 bits per heavy atom. The van der Waals surface area contributed by atoms with Crippen LogP contribution in [0.5, 0.6) is 0 Å². The molecule has 3 heterocycles. The minimum absolute atomic E-state index is 0.0798. The Labute approximate surface area is 186 Å². The third-order valence-electron chi connectivity index (χ3n) is 5.36. The molecule has 0 spiro atoms. The van der Waals surface area contributed by atoms with Crippen molar-refractivity contribution in [2.24, 2.45) is 0 Å². The number of hydrogen-bond acceptors (Lipinski definition) is 7. The van der Waals surface area contributed by atoms with Gasteiger partial charge in [-0.25, -0.2) is 0 Å². The van der Waals surface area contributed by atoms with Gasteiger partial charge in [0, 0.05) is 36.7 Å². The predicted molar refractivity (Wildman–Crippen MR) is 123 cm³/mol. The summed E-state index contributed by atoms with van der Waals surface area (Å²) in [5.41, 5.74) is 2.83. The van der Waals surface area contributed by atoms with Crippen LogP contribution in [0.1, 0.15) is 14.5 Å². The highest BCUT2D eigenvalue weighted by Crippen LogP contribution is 2.32. The minimum atomic E-state index is -0.254. The first-order valence-corrected chi connectivity index (χ1v) is 11.4. The molecule has 0 radical (unpaired) electrons. The van der Waals surface area contributed by atoms with E-state index in [1.807, 2.05) is 25.1 Å². The van der Waals surface area contributed by atoms with Crippen molar-refractivity contribution in [3.63, 3.8) is 0 Å². The Hall–Kier alpha value is -2.62. The molecule has 0 atom stereocenters. The number of morpholine rings is 2. The van der Waals surface area contributed by atoms with Gasteiger partial charge in [-0.1, -0.05) is 0 Å². The maximum Gasteiger partial charge on any atom is 0.261 e. The van der Waals surface area contributed by atoms with Crippen molar-refractivity contribution in [2.75, 3.05) is 74.3 Å². The van der Waals surface area contributed by atoms with E-state index < -0.39 is 0 Å². The summed E-state index contributed by atoms with van der Waals surface area (Å²) < 4.78 is 11.0. The van der Waals surface area contributed by atoms with E-state index >= 15 is 0 Å². The van der Waals surface area contributed by atoms with Crippen LogP contribution in [0.3, 0.4) is 0 Å². The number of anilines is 3. The number of nitrogens with zero attached hydrogens (tertiary/aromatic N) is 2. The molecule has 31 heavy (non-hydrogen) atoms. The van der Waals surface area contributed by atoms with Crippen LogP contribution < -0.4 is 20.4 Å². The molecule has 166 valence electrons. The first kappa shape index (κ1) is 21.6. The molecule has 2 amide bonds. The molecule has 1 aromatic carbocycles. The van der Waals surface area contributed by atoms with E-state index in [4.69, 9.17) is 9.47 Å². The topological polar surface area (TPSA) is 83.1 Å². The lowest BCUT2D eigenvalue weighted by molar-refractivity contribution is -0.115. The smallest absolute Gasteiger partial charge is 0.261 e. The van der Waals surface area contributed by atoms with Crippen molar-refractivity contribution in [2.45, 2.75) is 6.92 Å². The molecule has 0 saturated carbocycles. The first-order chi connectivity index (χ1) is 15.1. The maximum atomic E-state index is 12.6. The third kappa shape index (κ3) is 5.55. The highest BCUT2D eigenvalue weighted by atomic mass is 32.1. The second-order valence-corrected chi connectivity index (χ2v) is 8.83. The van der Waals surface area contributed by atoms with Crippen molar-refractivity contribution in [1.29, 1.82) is 0 Å². The van der Waals surface area contributed by atoms with Crippen molar-refractivity contribution in [3.05, 3.63) is 40.1 Å². The Morgan fingerprint density at radius 2 is 1.65 bits per heavy atom. The van der Waals surface area contributed by atoms with Gasteiger partial charge in [-0.15, -0.1) is 11.3 Å². The SMILES string of the molecule is Cc1ccc(C(=O)NCC(=O)Nc2ccc(N3CCOCC3)cc2N2CCOCC2)s1. The number of hydrogen-bond donors (Lipinski definition) is 2. The number of benzene rings is 1. The zero-order chi connectivity index (χ0) is 21.6. The maximum absolute atomic E-state index is 12.6. The average molecular weight is 445 g/mol. The Balaban J connectivity index is 1.45. The summed E-state index contributed by atoms with van der Waals surface area (Å²) in [7, 11) is 0. The quantitative estimate of drug-likeness (QED) is 0.710. The van der Waals surface area contributed by atoms with Gasteiger partial charge in [0.1, 0.15) is 0 Å². The molecule has 0 aliphatic carbocycles. The summed E-state index contributed by atoms with van der Waals surface area (Å²) >= 11 is 1.41. The number of carbonyl (C=O) groups is 2. The number of amides is 2. The lowest BCUT2D eigenvalue weighted by Gasteiger charge is -2.33. The molecular formula is C22H28N4O4S. The van der Waals surface area contributed by atoms with Gasteiger partial charge in [-0.3, -0.25) is 9.59 Å². The van der Waals surface area contributed by atoms with Crippen LogP contribution in [-0.2, 0) is 14.3 Å². The molecule has 0 unspecified atom stereocenters. The molecule has 4 rings (SSSR count). The van der Waals surface area contributed by atoms with E-state index in [2.05, 4.69) is 26.5 Å². The summed E-state index contributed by atoms with van der Waals surface area (Å²) in [6, 6.07) is 9.76. The monoisotopic (exact) mass is 444 g/mol. The van der Waals surface area contributed by atoms with E-state index in [-0.39, 0.29) is 18.4 Å². The second kappa shape index (κ2) is 10.1. The van der Waals surface area contributed by atoms with Crippen LogP contribution in [-0.4, -0.2) is 71.0 Å². The highest BCUT2D eigenvalue weighted by molar-refractivity contribution is 7.13. The molecule has 2 aliphatic rings. The molecular weight excluding hydrogens is 416 g/mol. The van der Waals surface area contributed by atoms with Crippen molar-refractivity contribution in [3.8, 4) is 0 Å². The zero-order valence-corrected chi connectivity index (χ0v) is 18.5. The van der Waals surface area contributed by atoms with Crippen molar-refractivity contribution < 1.29 is 19.1 Å². The van der Waals surface area contributed by atoms with E-state index in [0.717, 1.165) is 61.3 Å². The molecule has 2 saturated heterocycles. The van der Waals surface area contributed by atoms with Gasteiger partial charge >= 0.3 is 0 Å². The van der Waals surface area contributed by atoms with Gasteiger partial charge in [0.15, 0.2) is 0 Å². The molecule has 2 N–H and O–H groups in total. The summed E-state index contributed by atoms with van der Waals surface area (Å²) in [5, 5.41) is 5.67. The normalized spacial score (nSPS) is 16.8. The number of ether oxygens (including phenoxy) is 2. The molecule has 2 fully saturated rings. The summed E-state index contributed by atoms with van der Waals surface area (Å²) in [4.78, 5) is 31.0. The molecule has 9 heteroatoms. The third-order valence-corrected chi connectivity index (χ3v) is 6.36. The van der Waals surface area contributed by atoms with Gasteiger partial charge in [0.2, 0.25) is 5.91 Å². The fraction of sp³-hybridized carbons (Fsp3) is 0.455. The van der Waals surface area contributed by atoms with Crippen LogP contribution in [0.15, 0.2) is 30.3 Å². The Kier molecular flexibility index (Phi) is 7.06. The van der Waals surface area contributed by atoms with Crippen molar-refractivity contribution in [1.82, 2.24) is 5.32 Å². The second-order valence-electron chi connectivity index (χ2n) is 7.54. The molecule has 8 nitrogen and oxygen atoms in total. The van der Waals surface area contributed by atoms with Gasteiger partial charge < -0.3 is 29.9 Å². The van der Waals surface area contributed by atoms with Gasteiger partial charge in [-0.05, 0) is 37.3 Å². The summed E-state index contributed by atoms with van der Waals surface area (Å²) in [5.74, 6) is -0.487. The largest absolute Gasteiger partial charge is 0.378 e. The van der Waals surface area contributed by atoms with E-state index in [0.29, 0.717) is 18.1 Å². The lowest BCUT2D eigenvalue weighted by atomic mass is 10.1. The highest BCUT2D eigenvalue weighted by Gasteiger charge is 2.20. The minimum Gasteiger partial charge on any atom is -0.378 e. The Bertz CT molecular complexity index is 920. The number of aryl methyl sites for hydroxylation is 1. The van der Waals surface area contributed by atoms with Crippen LogP contribution in [0.4, 0.5) is 17.1 Å². The molecule has 0 bridgehead atoms. The molecule has 2 aliphatic heterocycles. The number of rotatable bonds is 6. The van der Waals surface area contributed by atoms with Crippen LogP contribution in [0, 0.1) is 6.92 Å². The van der Waals surface area contributed by atoms with Crippen LogP contribution >= 0.6 is 11.3 Å². The van der Waals surface area contributed by atoms with Gasteiger partial charge in [0.05, 0.1) is 49.2 Å². The fourth-order valence-electron chi connectivity index (χ4n) is 3.71. The number of thiophene rings is 1. The standard InChI is InChI=1S/C22H28N4O4S/c1-16-2-5-20(31-16)22(28)23-15-21(27)24-18-4-3-17(25-6-10-29-11-7-25)14-19(18)26-8-12-30-13-9-26/h2-5,14H,6-13,15H2,1H3,(H,23,28)(H,24,27). The first-order valence-electron chi connectivity index (χ1n) is 10.5. The molecule has 2 aromatic rings. The lowest BCUT2D eigenvalue weighted by Crippen LogP contribution is -2.38. The molecule has 1 aromatic heterocycles. The van der Waals surface area contributed by atoms with E-state index in [1.165, 1.54) is 11.3 Å². The number of nitrogens with one attached hydrogen (secondary N) is 2. The van der Waals surface area contributed by atoms with Gasteiger partial charge in [0.25, 0.3) is 5.91 Å². The average Bonchev–Trinajstić information content (AvgIpc) is 3.25. The Morgan fingerprint density at radius 3 is 2.29 bits per heavy atom.